The standard InChI is InChI=1S/C31H28O11/c1-19(32)37-18-24-25(40-28(34)21-12-6-3-7-13-21)26(41-29(35)22-14-8-4-9-15-22)27(31(39-24)38-20(2)33)42-30(36)23-16-10-5-11-17-23/h3-17,24-27,31H,18H2,1-2H3. The molecule has 0 N–H and O–H groups in total. The predicted molar refractivity (Wildman–Crippen MR) is 144 cm³/mol. The van der Waals surface area contributed by atoms with E-state index in [-0.39, 0.29) is 16.7 Å². The molecule has 11 nitrogen and oxygen atoms in total. The molecule has 1 fully saturated rings. The molecule has 5 atom stereocenters. The maximum atomic E-state index is 13.3. The lowest BCUT2D eigenvalue weighted by Gasteiger charge is -2.43. The van der Waals surface area contributed by atoms with Crippen LogP contribution >= 0.6 is 0 Å². The molecule has 3 aromatic carbocycles. The highest BCUT2D eigenvalue weighted by Crippen LogP contribution is 2.31. The highest BCUT2D eigenvalue weighted by molar-refractivity contribution is 5.91. The van der Waals surface area contributed by atoms with E-state index in [4.69, 9.17) is 28.4 Å². The van der Waals surface area contributed by atoms with Gasteiger partial charge in [-0.15, -0.1) is 0 Å². The number of hydrogen-bond donors (Lipinski definition) is 0. The molecule has 0 spiro atoms. The van der Waals surface area contributed by atoms with Crippen LogP contribution in [0.3, 0.4) is 0 Å². The smallest absolute Gasteiger partial charge is 0.338 e. The van der Waals surface area contributed by atoms with Gasteiger partial charge in [0.15, 0.2) is 12.2 Å². The maximum Gasteiger partial charge on any atom is 0.338 e. The Kier molecular flexibility index (Phi) is 10.0. The Labute approximate surface area is 241 Å². The van der Waals surface area contributed by atoms with Crippen molar-refractivity contribution in [2.45, 2.75) is 44.6 Å². The minimum absolute atomic E-state index is 0.144. The summed E-state index contributed by atoms with van der Waals surface area (Å²) in [5.74, 6) is -4.01. The van der Waals surface area contributed by atoms with Gasteiger partial charge in [0.2, 0.25) is 12.4 Å². The third kappa shape index (κ3) is 7.79. The summed E-state index contributed by atoms with van der Waals surface area (Å²) in [4.78, 5) is 63.4. The van der Waals surface area contributed by atoms with Crippen molar-refractivity contribution >= 4 is 29.8 Å². The molecule has 4 rings (SSSR count). The minimum atomic E-state index is -1.63. The summed E-state index contributed by atoms with van der Waals surface area (Å²) in [6.45, 7) is 1.79. The molecule has 42 heavy (non-hydrogen) atoms. The number of carbonyl (C=O) groups excluding carboxylic acids is 5. The van der Waals surface area contributed by atoms with E-state index in [0.717, 1.165) is 13.8 Å². The molecule has 11 heteroatoms. The monoisotopic (exact) mass is 576 g/mol. The zero-order chi connectivity index (χ0) is 30.1. The fourth-order valence-corrected chi connectivity index (χ4v) is 4.17. The van der Waals surface area contributed by atoms with Crippen LogP contribution in [0.2, 0.25) is 0 Å². The maximum absolute atomic E-state index is 13.3. The summed E-state index contributed by atoms with van der Waals surface area (Å²) >= 11 is 0. The molecule has 1 heterocycles. The van der Waals surface area contributed by atoms with Gasteiger partial charge in [-0.05, 0) is 36.4 Å². The van der Waals surface area contributed by atoms with Gasteiger partial charge in [-0.3, -0.25) is 9.59 Å². The zero-order valence-electron chi connectivity index (χ0n) is 22.7. The molecule has 0 radical (unpaired) electrons. The summed E-state index contributed by atoms with van der Waals surface area (Å²) in [5, 5.41) is 0. The van der Waals surface area contributed by atoms with E-state index >= 15 is 0 Å². The largest absolute Gasteiger partial charge is 0.463 e. The number of benzene rings is 3. The van der Waals surface area contributed by atoms with E-state index in [2.05, 4.69) is 0 Å². The molecule has 0 saturated carbocycles. The average Bonchev–Trinajstić information content (AvgIpc) is 2.99. The second kappa shape index (κ2) is 14.0. The number of rotatable bonds is 9. The molecule has 0 aromatic heterocycles. The van der Waals surface area contributed by atoms with Crippen LogP contribution in [0, 0.1) is 0 Å². The Hall–Kier alpha value is -5.03. The lowest BCUT2D eigenvalue weighted by Crippen LogP contribution is -2.63. The van der Waals surface area contributed by atoms with Crippen molar-refractivity contribution in [2.24, 2.45) is 0 Å². The molecule has 5 unspecified atom stereocenters. The van der Waals surface area contributed by atoms with Crippen LogP contribution in [0.4, 0.5) is 0 Å². The topological polar surface area (TPSA) is 141 Å². The van der Waals surface area contributed by atoms with Crippen LogP contribution in [0.25, 0.3) is 0 Å². The summed E-state index contributed by atoms with van der Waals surface area (Å²) < 4.78 is 33.7. The molecule has 3 aromatic rings. The van der Waals surface area contributed by atoms with Gasteiger partial charge in [-0.25, -0.2) is 14.4 Å². The van der Waals surface area contributed by atoms with E-state index < -0.39 is 67.2 Å². The first kappa shape index (κ1) is 29.9. The van der Waals surface area contributed by atoms with Crippen molar-refractivity contribution in [3.05, 3.63) is 108 Å². The second-order valence-corrected chi connectivity index (χ2v) is 9.16. The van der Waals surface area contributed by atoms with E-state index in [9.17, 15) is 24.0 Å². The van der Waals surface area contributed by atoms with Crippen LogP contribution in [-0.2, 0) is 38.0 Å². The van der Waals surface area contributed by atoms with Crippen LogP contribution in [-0.4, -0.2) is 67.2 Å². The fraction of sp³-hybridized carbons (Fsp3) is 0.258. The zero-order valence-corrected chi connectivity index (χ0v) is 22.7. The van der Waals surface area contributed by atoms with Gasteiger partial charge < -0.3 is 28.4 Å². The van der Waals surface area contributed by atoms with Gasteiger partial charge in [0, 0.05) is 13.8 Å². The number of carbonyl (C=O) groups is 5. The van der Waals surface area contributed by atoms with Crippen molar-refractivity contribution in [3.8, 4) is 0 Å². The third-order valence-corrected chi connectivity index (χ3v) is 6.08. The highest BCUT2D eigenvalue weighted by Gasteiger charge is 2.54. The average molecular weight is 577 g/mol. The van der Waals surface area contributed by atoms with E-state index in [1.54, 1.807) is 54.6 Å². The van der Waals surface area contributed by atoms with Crippen molar-refractivity contribution < 1.29 is 52.4 Å². The lowest BCUT2D eigenvalue weighted by atomic mass is 9.97. The summed E-state index contributed by atoms with van der Waals surface area (Å²) in [6.07, 6.45) is -7.58. The molecule has 1 aliphatic heterocycles. The highest BCUT2D eigenvalue weighted by atomic mass is 16.7. The molecule has 0 bridgehead atoms. The van der Waals surface area contributed by atoms with Crippen LogP contribution in [0.5, 0.6) is 0 Å². The quantitative estimate of drug-likeness (QED) is 0.273. The molecular formula is C31H28O11. The Morgan fingerprint density at radius 3 is 1.36 bits per heavy atom. The van der Waals surface area contributed by atoms with Crippen LogP contribution in [0.15, 0.2) is 91.0 Å². The fourth-order valence-electron chi connectivity index (χ4n) is 4.17. The van der Waals surface area contributed by atoms with Gasteiger partial charge >= 0.3 is 29.8 Å². The first-order valence-electron chi connectivity index (χ1n) is 13.0. The lowest BCUT2D eigenvalue weighted by molar-refractivity contribution is -0.290. The third-order valence-electron chi connectivity index (χ3n) is 6.08. The molecule has 1 saturated heterocycles. The molecule has 0 aliphatic carbocycles. The van der Waals surface area contributed by atoms with E-state index in [0.29, 0.717) is 0 Å². The molecular weight excluding hydrogens is 548 g/mol. The van der Waals surface area contributed by atoms with Gasteiger partial charge in [-0.1, -0.05) is 54.6 Å². The summed E-state index contributed by atoms with van der Waals surface area (Å²) in [5.41, 5.74) is 0.453. The van der Waals surface area contributed by atoms with Crippen molar-refractivity contribution in [1.82, 2.24) is 0 Å². The van der Waals surface area contributed by atoms with Gasteiger partial charge in [0.1, 0.15) is 12.7 Å². The van der Waals surface area contributed by atoms with E-state index in [1.807, 2.05) is 0 Å². The Balaban J connectivity index is 1.76. The summed E-state index contributed by atoms with van der Waals surface area (Å²) in [6, 6.07) is 23.8. The van der Waals surface area contributed by atoms with E-state index in [1.165, 1.54) is 36.4 Å². The van der Waals surface area contributed by atoms with Gasteiger partial charge in [0.25, 0.3) is 0 Å². The van der Waals surface area contributed by atoms with Gasteiger partial charge in [0.05, 0.1) is 16.7 Å². The Morgan fingerprint density at radius 2 is 0.952 bits per heavy atom. The molecule has 218 valence electrons. The molecule has 0 amide bonds. The van der Waals surface area contributed by atoms with Crippen molar-refractivity contribution in [2.75, 3.05) is 6.61 Å². The number of ether oxygens (including phenoxy) is 6. The first-order chi connectivity index (χ1) is 20.2. The Morgan fingerprint density at radius 1 is 0.548 bits per heavy atom. The summed E-state index contributed by atoms with van der Waals surface area (Å²) in [7, 11) is 0. The van der Waals surface area contributed by atoms with Crippen molar-refractivity contribution in [1.29, 1.82) is 0 Å². The number of esters is 5. The predicted octanol–water partition coefficient (Wildman–Crippen LogP) is 3.51. The first-order valence-corrected chi connectivity index (χ1v) is 13.0. The SMILES string of the molecule is CC(=O)OCC1OC(OC(C)=O)C(OC(=O)c2ccccc2)C(OC(=O)c2ccccc2)C1OC(=O)c1ccccc1. The molecule has 1 aliphatic rings. The van der Waals surface area contributed by atoms with Crippen LogP contribution < -0.4 is 0 Å². The Bertz CT molecular complexity index is 1390. The normalized spacial score (nSPS) is 21.3. The minimum Gasteiger partial charge on any atom is -0.463 e. The van der Waals surface area contributed by atoms with Crippen molar-refractivity contribution in [3.63, 3.8) is 0 Å². The number of hydrogen-bond acceptors (Lipinski definition) is 11. The second-order valence-electron chi connectivity index (χ2n) is 9.16. The van der Waals surface area contributed by atoms with Crippen LogP contribution in [0.1, 0.15) is 44.9 Å². The van der Waals surface area contributed by atoms with Gasteiger partial charge in [-0.2, -0.15) is 0 Å².